The maximum atomic E-state index is 5.44. The van der Waals surface area contributed by atoms with Crippen LogP contribution < -0.4 is 16.6 Å². The van der Waals surface area contributed by atoms with Crippen LogP contribution in [0.15, 0.2) is 18.3 Å². The largest absolute Gasteiger partial charge is 0.364 e. The van der Waals surface area contributed by atoms with E-state index in [-0.39, 0.29) is 0 Å². The molecule has 0 radical (unpaired) electrons. The van der Waals surface area contributed by atoms with Crippen LogP contribution in [0.2, 0.25) is 0 Å². The van der Waals surface area contributed by atoms with Gasteiger partial charge in [0.2, 0.25) is 0 Å². The van der Waals surface area contributed by atoms with E-state index in [1.807, 2.05) is 23.9 Å². The molecule has 7 nitrogen and oxygen atoms in total. The van der Waals surface area contributed by atoms with Gasteiger partial charge in [-0.05, 0) is 18.9 Å². The van der Waals surface area contributed by atoms with Crippen molar-refractivity contribution in [1.29, 1.82) is 0 Å². The molecule has 0 unspecified atom stereocenters. The quantitative estimate of drug-likeness (QED) is 0.547. The maximum absolute atomic E-state index is 5.44. The van der Waals surface area contributed by atoms with E-state index in [9.17, 15) is 0 Å². The van der Waals surface area contributed by atoms with E-state index in [1.165, 1.54) is 0 Å². The van der Waals surface area contributed by atoms with Crippen LogP contribution in [0, 0.1) is 0 Å². The van der Waals surface area contributed by atoms with Crippen LogP contribution in [0.4, 0.5) is 11.6 Å². The first-order valence-corrected chi connectivity index (χ1v) is 6.32. The van der Waals surface area contributed by atoms with E-state index < -0.39 is 0 Å². The summed E-state index contributed by atoms with van der Waals surface area (Å²) in [6.07, 6.45) is 4.10. The first-order valence-electron chi connectivity index (χ1n) is 6.32. The van der Waals surface area contributed by atoms with Crippen molar-refractivity contribution in [3.05, 3.63) is 29.8 Å². The fraction of sp³-hybridized carbons (Fsp3) is 0.417. The van der Waals surface area contributed by atoms with Crippen LogP contribution in [0.1, 0.15) is 30.3 Å². The molecule has 0 spiro atoms. The number of nitrogens with one attached hydrogen (secondary N) is 2. The summed E-state index contributed by atoms with van der Waals surface area (Å²) in [6.45, 7) is 0.668. The Bertz CT molecular complexity index is 573. The number of hydrogen-bond acceptors (Lipinski definition) is 6. The summed E-state index contributed by atoms with van der Waals surface area (Å²) in [6, 6.07) is 3.78. The maximum Gasteiger partial charge on any atom is 0.145 e. The molecule has 1 saturated carbocycles. The molecule has 2 aromatic rings. The molecule has 19 heavy (non-hydrogen) atoms. The molecule has 7 heteroatoms. The predicted molar refractivity (Wildman–Crippen MR) is 72.4 cm³/mol. The van der Waals surface area contributed by atoms with Gasteiger partial charge in [-0.2, -0.15) is 5.10 Å². The van der Waals surface area contributed by atoms with Crippen molar-refractivity contribution < 1.29 is 0 Å². The Morgan fingerprint density at radius 3 is 2.79 bits per heavy atom. The van der Waals surface area contributed by atoms with Crippen molar-refractivity contribution in [3.8, 4) is 0 Å². The van der Waals surface area contributed by atoms with Gasteiger partial charge in [0.05, 0.1) is 12.2 Å². The van der Waals surface area contributed by atoms with Crippen LogP contribution in [0.5, 0.6) is 0 Å². The normalized spacial score (nSPS) is 14.4. The van der Waals surface area contributed by atoms with Crippen molar-refractivity contribution in [2.24, 2.45) is 12.9 Å². The first-order chi connectivity index (χ1) is 9.26. The lowest BCUT2D eigenvalue weighted by Gasteiger charge is -2.09. The van der Waals surface area contributed by atoms with Crippen molar-refractivity contribution in [3.63, 3.8) is 0 Å². The number of nitrogen functional groups attached to an aromatic ring is 1. The van der Waals surface area contributed by atoms with E-state index in [0.29, 0.717) is 18.3 Å². The molecule has 100 valence electrons. The summed E-state index contributed by atoms with van der Waals surface area (Å²) in [5.74, 6) is 8.22. The zero-order valence-electron chi connectivity index (χ0n) is 10.8. The van der Waals surface area contributed by atoms with Gasteiger partial charge in [-0.25, -0.2) is 15.8 Å². The first kappa shape index (κ1) is 11.9. The molecule has 1 aliphatic carbocycles. The van der Waals surface area contributed by atoms with Gasteiger partial charge >= 0.3 is 0 Å². The molecule has 3 rings (SSSR count). The molecule has 2 aromatic heterocycles. The number of nitrogens with two attached hydrogens (primary N) is 1. The number of nitrogens with zero attached hydrogens (tertiary/aromatic N) is 4. The molecule has 2 heterocycles. The van der Waals surface area contributed by atoms with Crippen LogP contribution >= 0.6 is 0 Å². The fourth-order valence-electron chi connectivity index (χ4n) is 1.91. The topological polar surface area (TPSA) is 93.7 Å². The van der Waals surface area contributed by atoms with Gasteiger partial charge in [-0.15, -0.1) is 0 Å². The molecule has 1 aliphatic rings. The number of hydrazine groups is 1. The molecule has 0 amide bonds. The monoisotopic (exact) mass is 259 g/mol. The van der Waals surface area contributed by atoms with Crippen LogP contribution in [-0.4, -0.2) is 19.7 Å². The van der Waals surface area contributed by atoms with E-state index in [1.54, 1.807) is 6.20 Å². The molecule has 4 N–H and O–H groups in total. The summed E-state index contributed by atoms with van der Waals surface area (Å²) >= 11 is 0. The Morgan fingerprint density at radius 2 is 2.16 bits per heavy atom. The molecule has 0 saturated heterocycles. The van der Waals surface area contributed by atoms with E-state index in [2.05, 4.69) is 25.8 Å². The molecular weight excluding hydrogens is 242 g/mol. The Morgan fingerprint density at radius 1 is 1.37 bits per heavy atom. The Balaban J connectivity index is 1.76. The van der Waals surface area contributed by atoms with Gasteiger partial charge in [-0.3, -0.25) is 4.68 Å². The number of rotatable bonds is 5. The van der Waals surface area contributed by atoms with Gasteiger partial charge in [0.15, 0.2) is 0 Å². The molecule has 0 bridgehead atoms. The van der Waals surface area contributed by atoms with Crippen molar-refractivity contribution in [2.45, 2.75) is 25.3 Å². The van der Waals surface area contributed by atoms with Gasteiger partial charge in [-0.1, -0.05) is 0 Å². The highest BCUT2D eigenvalue weighted by Gasteiger charge is 2.27. The Labute approximate surface area is 111 Å². The number of hydrogen-bond donors (Lipinski definition) is 3. The highest BCUT2D eigenvalue weighted by atomic mass is 15.3. The lowest BCUT2D eigenvalue weighted by atomic mass is 10.3. The third-order valence-corrected chi connectivity index (χ3v) is 3.21. The minimum atomic E-state index is 0.491. The zero-order valence-corrected chi connectivity index (χ0v) is 10.8. The Hall–Kier alpha value is -2.15. The molecular formula is C12H17N7. The average molecular weight is 259 g/mol. The summed E-state index contributed by atoms with van der Waals surface area (Å²) in [5, 5.41) is 7.41. The standard InChI is InChI=1S/C12H17N7/c1-19-9(4-5-15-19)7-14-10-6-11(18-13)17-12(16-10)8-2-3-8/h4-6,8H,2-3,7,13H2,1H3,(H2,14,16,17,18). The molecule has 0 aliphatic heterocycles. The van der Waals surface area contributed by atoms with Crippen molar-refractivity contribution in [2.75, 3.05) is 10.7 Å². The van der Waals surface area contributed by atoms with Crippen molar-refractivity contribution in [1.82, 2.24) is 19.7 Å². The van der Waals surface area contributed by atoms with E-state index in [4.69, 9.17) is 5.84 Å². The lowest BCUT2D eigenvalue weighted by molar-refractivity contribution is 0.719. The number of anilines is 2. The van der Waals surface area contributed by atoms with E-state index in [0.717, 1.165) is 30.2 Å². The average Bonchev–Trinajstić information content (AvgIpc) is 3.20. The minimum absolute atomic E-state index is 0.491. The number of aryl methyl sites for hydroxylation is 1. The van der Waals surface area contributed by atoms with Gasteiger partial charge in [0.25, 0.3) is 0 Å². The fourth-order valence-corrected chi connectivity index (χ4v) is 1.91. The van der Waals surface area contributed by atoms with Crippen molar-refractivity contribution >= 4 is 11.6 Å². The summed E-state index contributed by atoms with van der Waals surface area (Å²) in [5.41, 5.74) is 3.68. The van der Waals surface area contributed by atoms with Crippen LogP contribution in [0.25, 0.3) is 0 Å². The smallest absolute Gasteiger partial charge is 0.145 e. The number of aromatic nitrogens is 4. The molecule has 1 fully saturated rings. The third-order valence-electron chi connectivity index (χ3n) is 3.21. The summed E-state index contributed by atoms with van der Waals surface area (Å²) in [7, 11) is 1.92. The summed E-state index contributed by atoms with van der Waals surface area (Å²) < 4.78 is 1.83. The highest BCUT2D eigenvalue weighted by molar-refractivity contribution is 5.47. The van der Waals surface area contributed by atoms with E-state index >= 15 is 0 Å². The lowest BCUT2D eigenvalue weighted by Crippen LogP contribution is -2.12. The zero-order chi connectivity index (χ0) is 13.2. The molecule has 0 atom stereocenters. The van der Waals surface area contributed by atoms with Crippen LogP contribution in [0.3, 0.4) is 0 Å². The second-order valence-corrected chi connectivity index (χ2v) is 4.71. The highest BCUT2D eigenvalue weighted by Crippen LogP contribution is 2.38. The second-order valence-electron chi connectivity index (χ2n) is 4.71. The third kappa shape index (κ3) is 2.65. The van der Waals surface area contributed by atoms with Crippen LogP contribution in [-0.2, 0) is 13.6 Å². The predicted octanol–water partition coefficient (Wildman–Crippen LogP) is 0.985. The second kappa shape index (κ2) is 4.85. The SMILES string of the molecule is Cn1nccc1CNc1cc(NN)nc(C2CC2)n1. The van der Waals surface area contributed by atoms with Gasteiger partial charge < -0.3 is 10.7 Å². The Kier molecular flexibility index (Phi) is 3.04. The minimum Gasteiger partial charge on any atom is -0.364 e. The van der Waals surface area contributed by atoms with Gasteiger partial charge in [0, 0.05) is 25.2 Å². The van der Waals surface area contributed by atoms with Gasteiger partial charge in [0.1, 0.15) is 17.5 Å². The molecule has 0 aromatic carbocycles. The summed E-state index contributed by atoms with van der Waals surface area (Å²) in [4.78, 5) is 8.90.